The molecule has 0 aliphatic rings. The predicted octanol–water partition coefficient (Wildman–Crippen LogP) is 1.23. The van der Waals surface area contributed by atoms with Crippen LogP contribution >= 0.6 is 0 Å². The van der Waals surface area contributed by atoms with E-state index < -0.39 is 24.5 Å². The number of esters is 1. The number of carbonyl (C=O) groups is 3. The minimum atomic E-state index is -0.702. The molecule has 9 heteroatoms. The minimum Gasteiger partial charge on any atom is -0.452 e. The molecular formula is C16H21N5O4. The number of nitrogens with zero attached hydrogens (tertiary/aromatic N) is 3. The van der Waals surface area contributed by atoms with Crippen molar-refractivity contribution in [3.8, 4) is 0 Å². The number of imide groups is 1. The lowest BCUT2D eigenvalue weighted by Crippen LogP contribution is -2.44. The van der Waals surface area contributed by atoms with Crippen molar-refractivity contribution in [3.05, 3.63) is 23.8 Å². The molecule has 0 aliphatic heterocycles. The smallest absolute Gasteiger partial charge is 0.338 e. The van der Waals surface area contributed by atoms with Crippen molar-refractivity contribution < 1.29 is 19.1 Å². The van der Waals surface area contributed by atoms with Gasteiger partial charge in [-0.3, -0.25) is 10.1 Å². The van der Waals surface area contributed by atoms with Gasteiger partial charge in [-0.15, -0.1) is 5.10 Å². The molecule has 0 unspecified atom stereocenters. The number of benzene rings is 1. The monoisotopic (exact) mass is 347 g/mol. The molecular weight excluding hydrogens is 326 g/mol. The van der Waals surface area contributed by atoms with Crippen molar-refractivity contribution in [2.24, 2.45) is 0 Å². The Balaban J connectivity index is 1.89. The van der Waals surface area contributed by atoms with E-state index in [1.54, 1.807) is 22.9 Å². The molecule has 3 amide bonds. The van der Waals surface area contributed by atoms with Gasteiger partial charge >= 0.3 is 12.0 Å². The molecule has 2 aromatic rings. The summed E-state index contributed by atoms with van der Waals surface area (Å²) in [7, 11) is 0. The lowest BCUT2D eigenvalue weighted by atomic mass is 10.2. The number of urea groups is 1. The maximum atomic E-state index is 12.0. The minimum absolute atomic E-state index is 0.0568. The molecule has 0 saturated heterocycles. The van der Waals surface area contributed by atoms with Crippen molar-refractivity contribution in [2.45, 2.75) is 39.8 Å². The fourth-order valence-corrected chi connectivity index (χ4v) is 2.07. The van der Waals surface area contributed by atoms with Crippen molar-refractivity contribution in [3.63, 3.8) is 0 Å². The molecule has 0 saturated carbocycles. The highest BCUT2D eigenvalue weighted by atomic mass is 16.5. The van der Waals surface area contributed by atoms with Gasteiger partial charge in [0.05, 0.1) is 11.1 Å². The molecule has 0 fully saturated rings. The Kier molecular flexibility index (Phi) is 6.04. The van der Waals surface area contributed by atoms with Crippen LogP contribution in [0.2, 0.25) is 0 Å². The Hall–Kier alpha value is -2.97. The molecule has 0 radical (unpaired) electrons. The van der Waals surface area contributed by atoms with E-state index in [9.17, 15) is 14.4 Å². The van der Waals surface area contributed by atoms with Crippen molar-refractivity contribution in [1.82, 2.24) is 25.6 Å². The summed E-state index contributed by atoms with van der Waals surface area (Å²) in [5.74, 6) is -1.38. The first-order chi connectivity index (χ1) is 11.9. The van der Waals surface area contributed by atoms with E-state index in [1.165, 1.54) is 0 Å². The van der Waals surface area contributed by atoms with E-state index in [0.717, 1.165) is 11.9 Å². The first-order valence-electron chi connectivity index (χ1n) is 8.05. The Morgan fingerprint density at radius 1 is 1.28 bits per heavy atom. The first-order valence-corrected chi connectivity index (χ1v) is 8.05. The Labute approximate surface area is 144 Å². The highest BCUT2D eigenvalue weighted by Crippen LogP contribution is 2.14. The van der Waals surface area contributed by atoms with Crippen LogP contribution in [0.4, 0.5) is 4.79 Å². The molecule has 25 heavy (non-hydrogen) atoms. The molecule has 2 N–H and O–H groups in total. The van der Waals surface area contributed by atoms with E-state index in [-0.39, 0.29) is 11.6 Å². The zero-order valence-electron chi connectivity index (χ0n) is 14.4. The van der Waals surface area contributed by atoms with Crippen molar-refractivity contribution in [1.29, 1.82) is 0 Å². The fourth-order valence-electron chi connectivity index (χ4n) is 2.07. The van der Waals surface area contributed by atoms with Gasteiger partial charge in [-0.2, -0.15) is 0 Å². The van der Waals surface area contributed by atoms with Gasteiger partial charge in [0.2, 0.25) is 0 Å². The average molecular weight is 347 g/mol. The number of ether oxygens (including phenoxy) is 1. The summed E-state index contributed by atoms with van der Waals surface area (Å²) < 4.78 is 6.62. The van der Waals surface area contributed by atoms with Gasteiger partial charge in [0, 0.05) is 12.6 Å². The lowest BCUT2D eigenvalue weighted by molar-refractivity contribution is -0.123. The van der Waals surface area contributed by atoms with Gasteiger partial charge in [0.15, 0.2) is 6.61 Å². The summed E-state index contributed by atoms with van der Waals surface area (Å²) in [4.78, 5) is 35.2. The summed E-state index contributed by atoms with van der Waals surface area (Å²) in [6.07, 6.45) is 0.738. The number of aryl methyl sites for hydroxylation is 1. The SMILES string of the molecule is CC[C@@H](C)NC(=O)NC(=O)COC(=O)c1ccc2c(c1)nnn2CC. The molecule has 0 spiro atoms. The average Bonchev–Trinajstić information content (AvgIpc) is 3.01. The van der Waals surface area contributed by atoms with Crippen LogP contribution in [0.3, 0.4) is 0 Å². The zero-order valence-corrected chi connectivity index (χ0v) is 14.4. The van der Waals surface area contributed by atoms with Crippen molar-refractivity contribution >= 4 is 28.9 Å². The molecule has 1 aromatic carbocycles. The molecule has 1 heterocycles. The number of nitrogens with one attached hydrogen (secondary N) is 2. The van der Waals surface area contributed by atoms with Crippen molar-refractivity contribution in [2.75, 3.05) is 6.61 Å². The first kappa shape index (κ1) is 18.4. The number of rotatable bonds is 6. The highest BCUT2D eigenvalue weighted by molar-refractivity contribution is 5.98. The third-order valence-corrected chi connectivity index (χ3v) is 3.63. The highest BCUT2D eigenvalue weighted by Gasteiger charge is 2.15. The number of fused-ring (bicyclic) bond motifs is 1. The quantitative estimate of drug-likeness (QED) is 0.760. The number of hydrogen-bond acceptors (Lipinski definition) is 6. The summed E-state index contributed by atoms with van der Waals surface area (Å²) in [5, 5.41) is 12.6. The van der Waals surface area contributed by atoms with E-state index in [2.05, 4.69) is 20.9 Å². The fraction of sp³-hybridized carbons (Fsp3) is 0.438. The number of amides is 3. The second-order valence-electron chi connectivity index (χ2n) is 5.52. The van der Waals surface area contributed by atoms with Crippen LogP contribution < -0.4 is 10.6 Å². The molecule has 0 aliphatic carbocycles. The van der Waals surface area contributed by atoms with Crippen LogP contribution in [0.15, 0.2) is 18.2 Å². The van der Waals surface area contributed by atoms with Crippen LogP contribution in [0.1, 0.15) is 37.6 Å². The normalized spacial score (nSPS) is 11.8. The summed E-state index contributed by atoms with van der Waals surface area (Å²) in [5.41, 5.74) is 1.62. The van der Waals surface area contributed by atoms with E-state index >= 15 is 0 Å². The molecule has 1 atom stereocenters. The third kappa shape index (κ3) is 4.75. The van der Waals surface area contributed by atoms with Crippen LogP contribution in [0, 0.1) is 0 Å². The Morgan fingerprint density at radius 3 is 2.72 bits per heavy atom. The standard InChI is InChI=1S/C16H21N5O4/c1-4-10(3)17-16(24)18-14(22)9-25-15(23)11-6-7-13-12(8-11)19-20-21(13)5-2/h6-8,10H,4-5,9H2,1-3H3,(H2,17,18,22,24)/t10-/m1/s1. The Bertz CT molecular complexity index is 786. The maximum Gasteiger partial charge on any atom is 0.338 e. The van der Waals surface area contributed by atoms with Crippen LogP contribution in [-0.2, 0) is 16.1 Å². The van der Waals surface area contributed by atoms with Gasteiger partial charge in [-0.1, -0.05) is 12.1 Å². The molecule has 134 valence electrons. The number of carbonyl (C=O) groups excluding carboxylic acids is 3. The molecule has 1 aromatic heterocycles. The van der Waals surface area contributed by atoms with Gasteiger partial charge in [-0.05, 0) is 38.5 Å². The van der Waals surface area contributed by atoms with E-state index in [0.29, 0.717) is 12.1 Å². The van der Waals surface area contributed by atoms with Gasteiger partial charge in [0.25, 0.3) is 5.91 Å². The Morgan fingerprint density at radius 2 is 2.04 bits per heavy atom. The van der Waals surface area contributed by atoms with E-state index in [1.807, 2.05) is 20.8 Å². The topological polar surface area (TPSA) is 115 Å². The summed E-state index contributed by atoms with van der Waals surface area (Å²) in [6.45, 7) is 5.78. The molecule has 2 rings (SSSR count). The van der Waals surface area contributed by atoms with Gasteiger partial charge in [0.1, 0.15) is 5.52 Å². The van der Waals surface area contributed by atoms with E-state index in [4.69, 9.17) is 4.74 Å². The van der Waals surface area contributed by atoms with Crippen LogP contribution in [0.25, 0.3) is 11.0 Å². The predicted molar refractivity (Wildman–Crippen MR) is 89.9 cm³/mol. The van der Waals surface area contributed by atoms with Crippen LogP contribution in [0.5, 0.6) is 0 Å². The maximum absolute atomic E-state index is 12.0. The lowest BCUT2D eigenvalue weighted by Gasteiger charge is -2.11. The zero-order chi connectivity index (χ0) is 18.4. The van der Waals surface area contributed by atoms with Crippen LogP contribution in [-0.4, -0.2) is 45.6 Å². The second kappa shape index (κ2) is 8.22. The third-order valence-electron chi connectivity index (χ3n) is 3.63. The van der Waals surface area contributed by atoms with Gasteiger partial charge in [-0.25, -0.2) is 14.3 Å². The molecule has 0 bridgehead atoms. The van der Waals surface area contributed by atoms with Gasteiger partial charge < -0.3 is 10.1 Å². The largest absolute Gasteiger partial charge is 0.452 e. The number of hydrogen-bond donors (Lipinski definition) is 2. The second-order valence-corrected chi connectivity index (χ2v) is 5.52. The number of aromatic nitrogens is 3. The summed E-state index contributed by atoms with van der Waals surface area (Å²) in [6, 6.07) is 4.17. The molecule has 9 nitrogen and oxygen atoms in total. The summed E-state index contributed by atoms with van der Waals surface area (Å²) >= 11 is 0.